The van der Waals surface area contributed by atoms with Crippen molar-refractivity contribution in [2.45, 2.75) is 33.2 Å². The summed E-state index contributed by atoms with van der Waals surface area (Å²) in [5, 5.41) is 6.51. The summed E-state index contributed by atoms with van der Waals surface area (Å²) in [6, 6.07) is 6.61. The predicted octanol–water partition coefficient (Wildman–Crippen LogP) is 3.78. The van der Waals surface area contributed by atoms with Crippen LogP contribution in [0.15, 0.2) is 30.6 Å². The maximum atomic E-state index is 13.8. The lowest BCUT2D eigenvalue weighted by molar-refractivity contribution is 0.600. The lowest BCUT2D eigenvalue weighted by atomic mass is 10.1. The molecule has 2 N–H and O–H groups in total. The van der Waals surface area contributed by atoms with Crippen LogP contribution in [0.3, 0.4) is 0 Å². The molecule has 2 rings (SSSR count). The zero-order valence-electron chi connectivity index (χ0n) is 12.7. The average molecular weight is 288 g/mol. The molecule has 0 bridgehead atoms. The number of anilines is 2. The minimum Gasteiger partial charge on any atom is -0.370 e. The van der Waals surface area contributed by atoms with E-state index in [-0.39, 0.29) is 11.9 Å². The molecule has 21 heavy (non-hydrogen) atoms. The molecule has 1 heterocycles. The first kappa shape index (κ1) is 15.2. The summed E-state index contributed by atoms with van der Waals surface area (Å²) in [5.74, 6) is 1.37. The van der Waals surface area contributed by atoms with Gasteiger partial charge in [0.05, 0.1) is 6.04 Å². The topological polar surface area (TPSA) is 49.8 Å². The van der Waals surface area contributed by atoms with E-state index in [0.717, 1.165) is 30.2 Å². The molecule has 0 saturated carbocycles. The molecule has 2 aromatic rings. The van der Waals surface area contributed by atoms with E-state index in [9.17, 15) is 4.39 Å². The van der Waals surface area contributed by atoms with E-state index in [4.69, 9.17) is 0 Å². The van der Waals surface area contributed by atoms with Crippen LogP contribution in [0.4, 0.5) is 16.0 Å². The van der Waals surface area contributed by atoms with Gasteiger partial charge in [0, 0.05) is 17.7 Å². The summed E-state index contributed by atoms with van der Waals surface area (Å²) in [6.45, 7) is 6.80. The van der Waals surface area contributed by atoms with E-state index in [1.807, 2.05) is 19.9 Å². The Morgan fingerprint density at radius 3 is 2.52 bits per heavy atom. The van der Waals surface area contributed by atoms with Gasteiger partial charge in [-0.2, -0.15) is 0 Å². The monoisotopic (exact) mass is 288 g/mol. The molecule has 4 nitrogen and oxygen atoms in total. The molecule has 1 aromatic heterocycles. The minimum atomic E-state index is -0.212. The largest absolute Gasteiger partial charge is 0.370 e. The number of nitrogens with one attached hydrogen (secondary N) is 2. The highest BCUT2D eigenvalue weighted by Crippen LogP contribution is 2.25. The quantitative estimate of drug-likeness (QED) is 0.849. The van der Waals surface area contributed by atoms with Crippen LogP contribution in [0.2, 0.25) is 0 Å². The summed E-state index contributed by atoms with van der Waals surface area (Å²) in [6.07, 6.45) is 2.32. The fourth-order valence-corrected chi connectivity index (χ4v) is 2.30. The summed E-state index contributed by atoms with van der Waals surface area (Å²) < 4.78 is 13.8. The normalized spacial score (nSPS) is 12.0. The Hall–Kier alpha value is -2.17. The standard InChI is InChI=1S/C16H21FN4/c1-4-12-15(18-5-2)19-10-20-16(12)21-11(3)13-8-6-7-9-14(13)17/h6-11H,4-5H2,1-3H3,(H2,18,19,20,21). The molecule has 0 fully saturated rings. The van der Waals surface area contributed by atoms with Crippen molar-refractivity contribution >= 4 is 11.6 Å². The molecule has 0 aliphatic heterocycles. The van der Waals surface area contributed by atoms with Crippen molar-refractivity contribution in [1.29, 1.82) is 0 Å². The van der Waals surface area contributed by atoms with Crippen LogP contribution in [0.25, 0.3) is 0 Å². The number of nitrogens with zero attached hydrogens (tertiary/aromatic N) is 2. The van der Waals surface area contributed by atoms with Crippen molar-refractivity contribution in [2.75, 3.05) is 17.2 Å². The third-order valence-corrected chi connectivity index (χ3v) is 3.37. The van der Waals surface area contributed by atoms with E-state index < -0.39 is 0 Å². The Balaban J connectivity index is 2.27. The summed E-state index contributed by atoms with van der Waals surface area (Å²) >= 11 is 0. The van der Waals surface area contributed by atoms with Gasteiger partial charge in [-0.1, -0.05) is 25.1 Å². The number of aromatic nitrogens is 2. The molecule has 0 radical (unpaired) electrons. The number of hydrogen-bond donors (Lipinski definition) is 2. The van der Waals surface area contributed by atoms with E-state index in [0.29, 0.717) is 5.56 Å². The van der Waals surface area contributed by atoms with Crippen molar-refractivity contribution in [3.05, 3.63) is 47.5 Å². The second kappa shape index (κ2) is 7.02. The van der Waals surface area contributed by atoms with Gasteiger partial charge < -0.3 is 10.6 Å². The molecule has 0 saturated heterocycles. The minimum absolute atomic E-state index is 0.166. The lowest BCUT2D eigenvalue weighted by Crippen LogP contribution is -2.13. The van der Waals surface area contributed by atoms with Crippen molar-refractivity contribution < 1.29 is 4.39 Å². The highest BCUT2D eigenvalue weighted by Gasteiger charge is 2.14. The molecule has 1 atom stereocenters. The van der Waals surface area contributed by atoms with E-state index in [2.05, 4.69) is 27.5 Å². The Kier molecular flexibility index (Phi) is 5.09. The van der Waals surface area contributed by atoms with Gasteiger partial charge >= 0.3 is 0 Å². The first-order valence-corrected chi connectivity index (χ1v) is 7.26. The van der Waals surface area contributed by atoms with Gasteiger partial charge in [0.25, 0.3) is 0 Å². The second-order valence-corrected chi connectivity index (χ2v) is 4.82. The molecule has 0 aliphatic carbocycles. The number of hydrogen-bond acceptors (Lipinski definition) is 4. The number of halogens is 1. The first-order chi connectivity index (χ1) is 10.2. The smallest absolute Gasteiger partial charge is 0.135 e. The zero-order valence-corrected chi connectivity index (χ0v) is 12.7. The van der Waals surface area contributed by atoms with Gasteiger partial charge in [-0.15, -0.1) is 0 Å². The molecular formula is C16H21FN4. The van der Waals surface area contributed by atoms with Gasteiger partial charge in [0.2, 0.25) is 0 Å². The Bertz CT molecular complexity index is 601. The van der Waals surface area contributed by atoms with Gasteiger partial charge in [-0.05, 0) is 26.3 Å². The zero-order chi connectivity index (χ0) is 15.2. The molecule has 0 amide bonds. The molecule has 1 unspecified atom stereocenters. The molecule has 0 aliphatic rings. The maximum Gasteiger partial charge on any atom is 0.135 e. The molecule has 112 valence electrons. The summed E-state index contributed by atoms with van der Waals surface area (Å²) in [7, 11) is 0. The Labute approximate surface area is 124 Å². The van der Waals surface area contributed by atoms with Crippen LogP contribution in [-0.2, 0) is 6.42 Å². The van der Waals surface area contributed by atoms with Crippen molar-refractivity contribution in [1.82, 2.24) is 9.97 Å². The predicted molar refractivity (Wildman–Crippen MR) is 84.0 cm³/mol. The highest BCUT2D eigenvalue weighted by atomic mass is 19.1. The first-order valence-electron chi connectivity index (χ1n) is 7.26. The van der Waals surface area contributed by atoms with Crippen LogP contribution < -0.4 is 10.6 Å². The van der Waals surface area contributed by atoms with E-state index >= 15 is 0 Å². The van der Waals surface area contributed by atoms with Gasteiger partial charge in [-0.25, -0.2) is 14.4 Å². The van der Waals surface area contributed by atoms with Crippen LogP contribution in [-0.4, -0.2) is 16.5 Å². The molecule has 1 aromatic carbocycles. The van der Waals surface area contributed by atoms with Crippen LogP contribution >= 0.6 is 0 Å². The van der Waals surface area contributed by atoms with Crippen molar-refractivity contribution in [3.8, 4) is 0 Å². The lowest BCUT2D eigenvalue weighted by Gasteiger charge is -2.19. The van der Waals surface area contributed by atoms with Crippen LogP contribution in [0.5, 0.6) is 0 Å². The fourth-order valence-electron chi connectivity index (χ4n) is 2.30. The van der Waals surface area contributed by atoms with Crippen LogP contribution in [0, 0.1) is 5.82 Å². The van der Waals surface area contributed by atoms with Gasteiger partial charge in [0.15, 0.2) is 0 Å². The maximum absolute atomic E-state index is 13.8. The average Bonchev–Trinajstić information content (AvgIpc) is 2.48. The second-order valence-electron chi connectivity index (χ2n) is 4.82. The van der Waals surface area contributed by atoms with Gasteiger partial charge in [0.1, 0.15) is 23.8 Å². The SMILES string of the molecule is CCNc1ncnc(NC(C)c2ccccc2F)c1CC. The van der Waals surface area contributed by atoms with Gasteiger partial charge in [-0.3, -0.25) is 0 Å². The number of rotatable bonds is 6. The Morgan fingerprint density at radius 2 is 1.86 bits per heavy atom. The molecule has 0 spiro atoms. The van der Waals surface area contributed by atoms with E-state index in [1.165, 1.54) is 12.4 Å². The Morgan fingerprint density at radius 1 is 1.14 bits per heavy atom. The third kappa shape index (κ3) is 3.48. The van der Waals surface area contributed by atoms with Crippen molar-refractivity contribution in [2.24, 2.45) is 0 Å². The summed E-state index contributed by atoms with van der Waals surface area (Å²) in [4.78, 5) is 8.56. The summed E-state index contributed by atoms with van der Waals surface area (Å²) in [5.41, 5.74) is 1.64. The van der Waals surface area contributed by atoms with Crippen LogP contribution in [0.1, 0.15) is 37.9 Å². The van der Waals surface area contributed by atoms with Crippen molar-refractivity contribution in [3.63, 3.8) is 0 Å². The fraction of sp³-hybridized carbons (Fsp3) is 0.375. The third-order valence-electron chi connectivity index (χ3n) is 3.37. The highest BCUT2D eigenvalue weighted by molar-refractivity contribution is 5.58. The molecular weight excluding hydrogens is 267 g/mol. The molecule has 5 heteroatoms. The number of benzene rings is 1. The van der Waals surface area contributed by atoms with E-state index in [1.54, 1.807) is 12.1 Å².